The molecule has 2 N–H and O–H groups in total. The highest BCUT2D eigenvalue weighted by Gasteiger charge is 2.21. The van der Waals surface area contributed by atoms with Gasteiger partial charge in [-0.3, -0.25) is 4.99 Å². The Kier molecular flexibility index (Phi) is 7.72. The van der Waals surface area contributed by atoms with Crippen LogP contribution in [0.1, 0.15) is 33.6 Å². The van der Waals surface area contributed by atoms with Gasteiger partial charge in [-0.1, -0.05) is 0 Å². The predicted molar refractivity (Wildman–Crippen MR) is 121 cm³/mol. The average Bonchev–Trinajstić information content (AvgIpc) is 3.13. The minimum absolute atomic E-state index is 0. The van der Waals surface area contributed by atoms with Crippen LogP contribution in [0.3, 0.4) is 0 Å². The fourth-order valence-electron chi connectivity index (χ4n) is 3.11. The second-order valence-electron chi connectivity index (χ2n) is 6.43. The van der Waals surface area contributed by atoms with E-state index >= 15 is 0 Å². The number of thiazole rings is 1. The van der Waals surface area contributed by atoms with Gasteiger partial charge in [0, 0.05) is 36.0 Å². The van der Waals surface area contributed by atoms with Gasteiger partial charge in [-0.2, -0.15) is 0 Å². The number of halogens is 1. The number of benzene rings is 1. The highest BCUT2D eigenvalue weighted by Crippen LogP contribution is 2.34. The number of hydrogen-bond donors (Lipinski definition) is 2. The lowest BCUT2D eigenvalue weighted by Gasteiger charge is -2.15. The monoisotopic (exact) mass is 502 g/mol. The van der Waals surface area contributed by atoms with Gasteiger partial charge in [0.1, 0.15) is 17.6 Å². The number of aryl methyl sites for hydroxylation is 2. The van der Waals surface area contributed by atoms with Crippen LogP contribution in [0, 0.1) is 13.8 Å². The quantitative estimate of drug-likeness (QED) is 0.372. The van der Waals surface area contributed by atoms with Crippen LogP contribution in [-0.2, 0) is 19.5 Å². The Hall–Kier alpha value is -1.55. The van der Waals surface area contributed by atoms with Gasteiger partial charge in [-0.25, -0.2) is 4.98 Å². The third-order valence-electron chi connectivity index (χ3n) is 4.38. The van der Waals surface area contributed by atoms with Crippen molar-refractivity contribution in [3.8, 4) is 11.5 Å². The van der Waals surface area contributed by atoms with E-state index in [-0.39, 0.29) is 30.1 Å². The van der Waals surface area contributed by atoms with Crippen molar-refractivity contribution >= 4 is 41.3 Å². The molecule has 1 atom stereocenters. The number of nitrogens with zero attached hydrogens (tertiary/aromatic N) is 2. The Labute approximate surface area is 181 Å². The summed E-state index contributed by atoms with van der Waals surface area (Å²) in [6.45, 7) is 7.46. The van der Waals surface area contributed by atoms with Gasteiger partial charge in [0.2, 0.25) is 0 Å². The number of aromatic nitrogens is 1. The van der Waals surface area contributed by atoms with E-state index in [2.05, 4.69) is 39.7 Å². The van der Waals surface area contributed by atoms with Crippen molar-refractivity contribution in [3.05, 3.63) is 38.8 Å². The zero-order valence-electron chi connectivity index (χ0n) is 16.4. The summed E-state index contributed by atoms with van der Waals surface area (Å²) in [6.07, 6.45) is 1.15. The van der Waals surface area contributed by atoms with E-state index in [9.17, 15) is 0 Å². The molecule has 0 bridgehead atoms. The van der Waals surface area contributed by atoms with Gasteiger partial charge in [0.05, 0.1) is 24.4 Å². The zero-order valence-corrected chi connectivity index (χ0v) is 19.5. The summed E-state index contributed by atoms with van der Waals surface area (Å²) in [6, 6.07) is 4.14. The molecule has 1 unspecified atom stereocenters. The summed E-state index contributed by atoms with van der Waals surface area (Å²) in [5.74, 6) is 2.57. The lowest BCUT2D eigenvalue weighted by molar-refractivity contribution is 0.254. The maximum atomic E-state index is 5.87. The number of fused-ring (bicyclic) bond motifs is 1. The minimum Gasteiger partial charge on any atom is -0.496 e. The van der Waals surface area contributed by atoms with Crippen LogP contribution in [0.4, 0.5) is 0 Å². The van der Waals surface area contributed by atoms with Crippen molar-refractivity contribution in [2.45, 2.75) is 46.4 Å². The summed E-state index contributed by atoms with van der Waals surface area (Å²) in [5.41, 5.74) is 3.33. The third-order valence-corrected chi connectivity index (χ3v) is 5.46. The van der Waals surface area contributed by atoms with Gasteiger partial charge >= 0.3 is 0 Å². The molecule has 2 heterocycles. The van der Waals surface area contributed by atoms with E-state index in [1.165, 1.54) is 10.4 Å². The van der Waals surface area contributed by atoms with Crippen LogP contribution < -0.4 is 20.1 Å². The molecule has 1 aliphatic heterocycles. The second-order valence-corrected chi connectivity index (χ2v) is 7.71. The molecule has 0 radical (unpaired) electrons. The number of rotatable bonds is 5. The number of ether oxygens (including phenoxy) is 2. The maximum Gasteiger partial charge on any atom is 0.191 e. The Bertz CT molecular complexity index is 822. The third kappa shape index (κ3) is 5.25. The Morgan fingerprint density at radius 3 is 2.70 bits per heavy atom. The molecule has 1 aliphatic rings. The summed E-state index contributed by atoms with van der Waals surface area (Å²) >= 11 is 1.71. The molecule has 0 fully saturated rings. The molecule has 0 aliphatic carbocycles. The molecular weight excluding hydrogens is 475 g/mol. The first-order chi connectivity index (χ1) is 12.5. The molecule has 1 aromatic carbocycles. The lowest BCUT2D eigenvalue weighted by Crippen LogP contribution is -2.36. The average molecular weight is 502 g/mol. The standard InChI is InChI=1S/C19H26N4O2S.HI/c1-11-6-14-7-16(24-5)15(8-17(14)25-11)9-21-19(20-4)22-10-18-12(2)23-13(3)26-18;/h7-8,11H,6,9-10H2,1-5H3,(H2,20,21,22);1H. The predicted octanol–water partition coefficient (Wildman–Crippen LogP) is 3.58. The van der Waals surface area contributed by atoms with E-state index < -0.39 is 0 Å². The van der Waals surface area contributed by atoms with E-state index in [0.717, 1.165) is 40.1 Å². The highest BCUT2D eigenvalue weighted by atomic mass is 127. The van der Waals surface area contributed by atoms with Crippen LogP contribution in [0.2, 0.25) is 0 Å². The molecule has 8 heteroatoms. The molecular formula is C19H27IN4O2S. The fraction of sp³-hybridized carbons (Fsp3) is 0.474. The van der Waals surface area contributed by atoms with Crippen molar-refractivity contribution in [1.29, 1.82) is 0 Å². The maximum absolute atomic E-state index is 5.87. The summed E-state index contributed by atoms with van der Waals surface area (Å²) < 4.78 is 11.4. The van der Waals surface area contributed by atoms with Crippen LogP contribution in [0.15, 0.2) is 17.1 Å². The van der Waals surface area contributed by atoms with E-state index in [0.29, 0.717) is 13.1 Å². The van der Waals surface area contributed by atoms with Gasteiger partial charge < -0.3 is 20.1 Å². The first kappa shape index (κ1) is 21.7. The number of methoxy groups -OCH3 is 1. The van der Waals surface area contributed by atoms with Crippen molar-refractivity contribution in [2.75, 3.05) is 14.2 Å². The van der Waals surface area contributed by atoms with Gasteiger partial charge in [0.25, 0.3) is 0 Å². The second kappa shape index (κ2) is 9.59. The molecule has 0 saturated carbocycles. The lowest BCUT2D eigenvalue weighted by atomic mass is 10.1. The molecule has 2 aromatic rings. The van der Waals surface area contributed by atoms with Crippen molar-refractivity contribution in [2.24, 2.45) is 4.99 Å². The SMILES string of the molecule is CN=C(NCc1cc2c(cc1OC)CC(C)O2)NCc1sc(C)nc1C.I. The fourth-order valence-corrected chi connectivity index (χ4v) is 3.99. The van der Waals surface area contributed by atoms with Crippen LogP contribution in [-0.4, -0.2) is 31.2 Å². The number of hydrogen-bond acceptors (Lipinski definition) is 5. The molecule has 6 nitrogen and oxygen atoms in total. The summed E-state index contributed by atoms with van der Waals surface area (Å²) in [5, 5.41) is 7.77. The zero-order chi connectivity index (χ0) is 18.7. The largest absolute Gasteiger partial charge is 0.496 e. The van der Waals surface area contributed by atoms with E-state index in [4.69, 9.17) is 9.47 Å². The molecule has 148 valence electrons. The molecule has 0 saturated heterocycles. The number of guanidine groups is 1. The minimum atomic E-state index is 0. The van der Waals surface area contributed by atoms with E-state index in [1.54, 1.807) is 25.5 Å². The number of nitrogens with one attached hydrogen (secondary N) is 2. The first-order valence-electron chi connectivity index (χ1n) is 8.74. The van der Waals surface area contributed by atoms with Crippen molar-refractivity contribution < 1.29 is 9.47 Å². The Morgan fingerprint density at radius 1 is 1.33 bits per heavy atom. The molecule has 27 heavy (non-hydrogen) atoms. The Balaban J connectivity index is 0.00000261. The van der Waals surface area contributed by atoms with Gasteiger partial charge in [-0.15, -0.1) is 35.3 Å². The van der Waals surface area contributed by atoms with Crippen LogP contribution >= 0.6 is 35.3 Å². The van der Waals surface area contributed by atoms with Crippen LogP contribution in [0.25, 0.3) is 0 Å². The first-order valence-corrected chi connectivity index (χ1v) is 9.55. The normalized spacial score (nSPS) is 15.6. The molecule has 0 amide bonds. The summed E-state index contributed by atoms with van der Waals surface area (Å²) in [4.78, 5) is 9.98. The summed E-state index contributed by atoms with van der Waals surface area (Å²) in [7, 11) is 3.47. The molecule has 0 spiro atoms. The molecule has 3 rings (SSSR count). The van der Waals surface area contributed by atoms with Crippen LogP contribution in [0.5, 0.6) is 11.5 Å². The van der Waals surface area contributed by atoms with Crippen molar-refractivity contribution in [1.82, 2.24) is 15.6 Å². The van der Waals surface area contributed by atoms with E-state index in [1.807, 2.05) is 13.8 Å². The highest BCUT2D eigenvalue weighted by molar-refractivity contribution is 14.0. The van der Waals surface area contributed by atoms with Crippen molar-refractivity contribution in [3.63, 3.8) is 0 Å². The van der Waals surface area contributed by atoms with Gasteiger partial charge in [-0.05, 0) is 32.9 Å². The topological polar surface area (TPSA) is 67.8 Å². The van der Waals surface area contributed by atoms with Gasteiger partial charge in [0.15, 0.2) is 5.96 Å². The number of aliphatic imine (C=N–C) groups is 1. The smallest absolute Gasteiger partial charge is 0.191 e. The Morgan fingerprint density at radius 2 is 2.07 bits per heavy atom. The molecule has 1 aromatic heterocycles.